The van der Waals surface area contributed by atoms with Crippen LogP contribution in [0.15, 0.2) is 24.3 Å². The molecule has 0 bridgehead atoms. The molecule has 4 atom stereocenters. The van der Waals surface area contributed by atoms with Gasteiger partial charge in [-0.05, 0) is 48.6 Å². The number of nitrogens with two attached hydrogens (primary N) is 1. The molecule has 4 nitrogen and oxygen atoms in total. The summed E-state index contributed by atoms with van der Waals surface area (Å²) in [6.45, 7) is 8.65. The molecule has 1 aromatic carbocycles. The highest BCUT2D eigenvalue weighted by atomic mass is 35.5. The van der Waals surface area contributed by atoms with Crippen molar-refractivity contribution in [2.45, 2.75) is 65.1 Å². The van der Waals surface area contributed by atoms with E-state index in [0.717, 1.165) is 44.1 Å². The van der Waals surface area contributed by atoms with Crippen molar-refractivity contribution in [1.29, 1.82) is 0 Å². The third kappa shape index (κ3) is 7.22. The summed E-state index contributed by atoms with van der Waals surface area (Å²) in [4.78, 5) is 15.1. The van der Waals surface area contributed by atoms with E-state index in [2.05, 4.69) is 48.3 Å². The van der Waals surface area contributed by atoms with Crippen LogP contribution in [0.5, 0.6) is 0 Å². The van der Waals surface area contributed by atoms with Crippen LogP contribution in [0.4, 0.5) is 0 Å². The van der Waals surface area contributed by atoms with Crippen LogP contribution in [0.1, 0.15) is 57.1 Å². The molecule has 160 valence electrons. The largest absolute Gasteiger partial charge is 0.352 e. The van der Waals surface area contributed by atoms with Crippen molar-refractivity contribution in [1.82, 2.24) is 10.2 Å². The molecule has 0 aromatic heterocycles. The van der Waals surface area contributed by atoms with Gasteiger partial charge in [0.25, 0.3) is 0 Å². The number of hydrogen-bond acceptors (Lipinski definition) is 3. The Morgan fingerprint density at radius 2 is 1.71 bits per heavy atom. The Kier molecular flexibility index (Phi) is 10.8. The smallest absolute Gasteiger partial charge is 0.223 e. The van der Waals surface area contributed by atoms with E-state index in [1.165, 1.54) is 30.6 Å². The number of amides is 1. The summed E-state index contributed by atoms with van der Waals surface area (Å²) in [5, 5.41) is 3.17. The monoisotopic (exact) mass is 429 g/mol. The standard InChI is InChI=1S/C22H35N3O.2ClH/c1-16-10-17(2)14-25(13-16)15-20-7-4-3-6-19(20)12-24-22(26)18-8-5-9-21(23)11-18;;/h3-4,6-7,16-18,21H,5,8-15,23H2,1-2H3,(H,24,26);2*1H. The number of nitrogens with one attached hydrogen (secondary N) is 1. The Bertz CT molecular complexity index is 603. The first-order valence-electron chi connectivity index (χ1n) is 10.3. The summed E-state index contributed by atoms with van der Waals surface area (Å²) >= 11 is 0. The Morgan fingerprint density at radius 1 is 1.07 bits per heavy atom. The highest BCUT2D eigenvalue weighted by Crippen LogP contribution is 2.25. The van der Waals surface area contributed by atoms with Gasteiger partial charge in [-0.2, -0.15) is 0 Å². The molecule has 1 heterocycles. The van der Waals surface area contributed by atoms with Crippen LogP contribution in [-0.4, -0.2) is 29.9 Å². The molecule has 0 radical (unpaired) electrons. The van der Waals surface area contributed by atoms with Crippen molar-refractivity contribution in [3.8, 4) is 0 Å². The third-order valence-corrected chi connectivity index (χ3v) is 6.00. The van der Waals surface area contributed by atoms with Crippen molar-refractivity contribution < 1.29 is 4.79 Å². The van der Waals surface area contributed by atoms with Crippen LogP contribution in [0, 0.1) is 17.8 Å². The Hall–Kier alpha value is -0.810. The average molecular weight is 430 g/mol. The van der Waals surface area contributed by atoms with Gasteiger partial charge in [0.1, 0.15) is 0 Å². The molecule has 2 fully saturated rings. The zero-order valence-electron chi connectivity index (χ0n) is 17.2. The van der Waals surface area contributed by atoms with Gasteiger partial charge in [0.05, 0.1) is 0 Å². The van der Waals surface area contributed by atoms with Gasteiger partial charge in [-0.25, -0.2) is 0 Å². The van der Waals surface area contributed by atoms with Gasteiger partial charge < -0.3 is 11.1 Å². The minimum Gasteiger partial charge on any atom is -0.352 e. The Balaban J connectivity index is 0.00000196. The molecule has 6 heteroatoms. The summed E-state index contributed by atoms with van der Waals surface area (Å²) < 4.78 is 0. The second-order valence-electron chi connectivity index (χ2n) is 8.75. The van der Waals surface area contributed by atoms with E-state index in [9.17, 15) is 4.79 Å². The highest BCUT2D eigenvalue weighted by molar-refractivity contribution is 5.85. The summed E-state index contributed by atoms with van der Waals surface area (Å²) in [6.07, 6.45) is 5.26. The van der Waals surface area contributed by atoms with Gasteiger partial charge in [0.15, 0.2) is 0 Å². The van der Waals surface area contributed by atoms with Crippen LogP contribution >= 0.6 is 24.8 Å². The predicted octanol–water partition coefficient (Wildman–Crippen LogP) is 4.14. The first-order valence-corrected chi connectivity index (χ1v) is 10.3. The van der Waals surface area contributed by atoms with E-state index in [0.29, 0.717) is 6.54 Å². The van der Waals surface area contributed by atoms with Gasteiger partial charge in [0, 0.05) is 38.1 Å². The van der Waals surface area contributed by atoms with Gasteiger partial charge in [-0.15, -0.1) is 24.8 Å². The second kappa shape index (κ2) is 12.0. The quantitative estimate of drug-likeness (QED) is 0.738. The molecule has 28 heavy (non-hydrogen) atoms. The maximum atomic E-state index is 12.5. The van der Waals surface area contributed by atoms with Gasteiger partial charge in [-0.3, -0.25) is 9.69 Å². The van der Waals surface area contributed by atoms with Crippen molar-refractivity contribution in [3.05, 3.63) is 35.4 Å². The zero-order chi connectivity index (χ0) is 18.5. The molecular weight excluding hydrogens is 393 g/mol. The number of carbonyl (C=O) groups is 1. The SMILES string of the molecule is CC1CC(C)CN(Cc2ccccc2CNC(=O)C2CCCC(N)C2)C1.Cl.Cl. The topological polar surface area (TPSA) is 58.4 Å². The number of nitrogens with zero attached hydrogens (tertiary/aromatic N) is 1. The van der Waals surface area contributed by atoms with E-state index in [1.807, 2.05) is 0 Å². The van der Waals surface area contributed by atoms with Crippen LogP contribution in [-0.2, 0) is 17.9 Å². The van der Waals surface area contributed by atoms with Crippen LogP contribution < -0.4 is 11.1 Å². The Labute approximate surface area is 182 Å². The van der Waals surface area contributed by atoms with E-state index >= 15 is 0 Å². The number of carbonyl (C=O) groups excluding carboxylic acids is 1. The molecule has 1 aromatic rings. The summed E-state index contributed by atoms with van der Waals surface area (Å²) in [7, 11) is 0. The number of halogens is 2. The molecule has 1 amide bonds. The normalized spacial score (nSPS) is 28.0. The molecule has 1 saturated heterocycles. The van der Waals surface area contributed by atoms with E-state index < -0.39 is 0 Å². The molecule has 4 unspecified atom stereocenters. The maximum absolute atomic E-state index is 12.5. The van der Waals surface area contributed by atoms with Gasteiger partial charge >= 0.3 is 0 Å². The highest BCUT2D eigenvalue weighted by Gasteiger charge is 2.25. The number of hydrogen-bond donors (Lipinski definition) is 2. The van der Waals surface area contributed by atoms with E-state index in [-0.39, 0.29) is 42.7 Å². The fraction of sp³-hybridized carbons (Fsp3) is 0.682. The van der Waals surface area contributed by atoms with Crippen molar-refractivity contribution in [3.63, 3.8) is 0 Å². The van der Waals surface area contributed by atoms with E-state index in [1.54, 1.807) is 0 Å². The number of benzene rings is 1. The summed E-state index contributed by atoms with van der Waals surface area (Å²) in [5.41, 5.74) is 8.62. The average Bonchev–Trinajstić information content (AvgIpc) is 2.60. The number of piperidine rings is 1. The van der Waals surface area contributed by atoms with Gasteiger partial charge in [-0.1, -0.05) is 44.5 Å². The molecular formula is C22H37Cl2N3O. The lowest BCUT2D eigenvalue weighted by Gasteiger charge is -2.35. The molecule has 3 N–H and O–H groups in total. The fourth-order valence-corrected chi connectivity index (χ4v) is 4.84. The van der Waals surface area contributed by atoms with Crippen LogP contribution in [0.2, 0.25) is 0 Å². The maximum Gasteiger partial charge on any atom is 0.223 e. The molecule has 2 aliphatic rings. The van der Waals surface area contributed by atoms with Crippen molar-refractivity contribution in [2.75, 3.05) is 13.1 Å². The first-order chi connectivity index (χ1) is 12.5. The number of likely N-dealkylation sites (tertiary alicyclic amines) is 1. The molecule has 1 saturated carbocycles. The minimum atomic E-state index is 0. The fourth-order valence-electron chi connectivity index (χ4n) is 4.84. The zero-order valence-corrected chi connectivity index (χ0v) is 18.9. The molecule has 1 aliphatic heterocycles. The lowest BCUT2D eigenvalue weighted by molar-refractivity contribution is -0.126. The third-order valence-electron chi connectivity index (χ3n) is 6.00. The van der Waals surface area contributed by atoms with Crippen molar-refractivity contribution in [2.24, 2.45) is 23.5 Å². The molecule has 0 spiro atoms. The summed E-state index contributed by atoms with van der Waals surface area (Å²) in [5.74, 6) is 1.80. The van der Waals surface area contributed by atoms with Crippen LogP contribution in [0.25, 0.3) is 0 Å². The van der Waals surface area contributed by atoms with Crippen molar-refractivity contribution >= 4 is 30.7 Å². The lowest BCUT2D eigenvalue weighted by atomic mass is 9.85. The molecule has 3 rings (SSSR count). The number of rotatable bonds is 5. The second-order valence-corrected chi connectivity index (χ2v) is 8.75. The minimum absolute atomic E-state index is 0. The Morgan fingerprint density at radius 3 is 2.36 bits per heavy atom. The van der Waals surface area contributed by atoms with Crippen LogP contribution in [0.3, 0.4) is 0 Å². The molecule has 1 aliphatic carbocycles. The summed E-state index contributed by atoms with van der Waals surface area (Å²) in [6, 6.07) is 8.73. The predicted molar refractivity (Wildman–Crippen MR) is 121 cm³/mol. The lowest BCUT2D eigenvalue weighted by Crippen LogP contribution is -2.39. The van der Waals surface area contributed by atoms with Gasteiger partial charge in [0.2, 0.25) is 5.91 Å². The van der Waals surface area contributed by atoms with E-state index in [4.69, 9.17) is 5.73 Å². The first kappa shape index (κ1) is 25.2.